The van der Waals surface area contributed by atoms with Gasteiger partial charge >= 0.3 is 5.97 Å². The predicted octanol–water partition coefficient (Wildman–Crippen LogP) is 1.89. The van der Waals surface area contributed by atoms with Gasteiger partial charge in [-0.3, -0.25) is 19.7 Å². The second-order valence-corrected chi connectivity index (χ2v) is 5.25. The molecule has 0 atom stereocenters. The first-order valence-electron chi connectivity index (χ1n) is 7.65. The number of nitrogens with one attached hydrogen (secondary N) is 1. The SMILES string of the molecule is NC(=O)c1ccc(NC(=O)COC(=O)/C=C/c2ccccc2[N+](=O)[O-])cc1. The second kappa shape index (κ2) is 8.90. The van der Waals surface area contributed by atoms with E-state index in [1.54, 1.807) is 6.07 Å². The molecule has 0 aliphatic heterocycles. The third-order valence-corrected chi connectivity index (χ3v) is 3.33. The minimum Gasteiger partial charge on any atom is -0.452 e. The van der Waals surface area contributed by atoms with E-state index < -0.39 is 29.3 Å². The number of amides is 2. The van der Waals surface area contributed by atoms with E-state index in [9.17, 15) is 24.5 Å². The van der Waals surface area contributed by atoms with Crippen molar-refractivity contribution in [1.82, 2.24) is 0 Å². The number of primary amides is 1. The number of hydrogen-bond acceptors (Lipinski definition) is 6. The molecule has 27 heavy (non-hydrogen) atoms. The topological polar surface area (TPSA) is 142 Å². The van der Waals surface area contributed by atoms with Gasteiger partial charge in [0.1, 0.15) is 0 Å². The number of carbonyl (C=O) groups is 3. The number of benzene rings is 2. The summed E-state index contributed by atoms with van der Waals surface area (Å²) in [5, 5.41) is 13.4. The van der Waals surface area contributed by atoms with E-state index in [-0.39, 0.29) is 11.3 Å². The summed E-state index contributed by atoms with van der Waals surface area (Å²) in [6, 6.07) is 11.7. The van der Waals surface area contributed by atoms with Gasteiger partial charge in [-0.05, 0) is 36.4 Å². The van der Waals surface area contributed by atoms with Crippen molar-refractivity contribution in [2.24, 2.45) is 5.73 Å². The fourth-order valence-electron chi connectivity index (χ4n) is 2.05. The van der Waals surface area contributed by atoms with E-state index in [2.05, 4.69) is 5.32 Å². The summed E-state index contributed by atoms with van der Waals surface area (Å²) in [4.78, 5) is 44.7. The maximum atomic E-state index is 11.8. The highest BCUT2D eigenvalue weighted by molar-refractivity contribution is 5.96. The summed E-state index contributed by atoms with van der Waals surface area (Å²) >= 11 is 0. The smallest absolute Gasteiger partial charge is 0.331 e. The molecule has 0 unspecified atom stereocenters. The number of carbonyl (C=O) groups excluding carboxylic acids is 3. The van der Waals surface area contributed by atoms with Crippen LogP contribution in [0.4, 0.5) is 11.4 Å². The van der Waals surface area contributed by atoms with Crippen molar-refractivity contribution < 1.29 is 24.0 Å². The summed E-state index contributed by atoms with van der Waals surface area (Å²) < 4.78 is 4.78. The lowest BCUT2D eigenvalue weighted by Crippen LogP contribution is -2.20. The number of hydrogen-bond donors (Lipinski definition) is 2. The molecule has 2 amide bonds. The first kappa shape index (κ1) is 19.3. The first-order chi connectivity index (χ1) is 12.9. The van der Waals surface area contributed by atoms with Gasteiger partial charge in [0, 0.05) is 23.4 Å². The fraction of sp³-hybridized carbons (Fsp3) is 0.0556. The molecule has 0 aliphatic rings. The molecule has 0 saturated carbocycles. The minimum atomic E-state index is -0.827. The summed E-state index contributed by atoms with van der Waals surface area (Å²) in [6.07, 6.45) is 2.23. The van der Waals surface area contributed by atoms with Gasteiger partial charge in [-0.25, -0.2) is 4.79 Å². The van der Waals surface area contributed by atoms with Gasteiger partial charge in [0.15, 0.2) is 6.61 Å². The molecule has 0 saturated heterocycles. The van der Waals surface area contributed by atoms with E-state index in [4.69, 9.17) is 10.5 Å². The van der Waals surface area contributed by atoms with Crippen molar-refractivity contribution in [1.29, 1.82) is 0 Å². The number of ether oxygens (including phenoxy) is 1. The fourth-order valence-corrected chi connectivity index (χ4v) is 2.05. The molecule has 2 aromatic carbocycles. The maximum absolute atomic E-state index is 11.8. The first-order valence-corrected chi connectivity index (χ1v) is 7.65. The average Bonchev–Trinajstić information content (AvgIpc) is 2.65. The van der Waals surface area contributed by atoms with Crippen LogP contribution < -0.4 is 11.1 Å². The van der Waals surface area contributed by atoms with Crippen molar-refractivity contribution >= 4 is 35.2 Å². The number of nitrogens with two attached hydrogens (primary N) is 1. The number of nitrogens with zero attached hydrogens (tertiary/aromatic N) is 1. The number of para-hydroxylation sites is 1. The molecular weight excluding hydrogens is 354 g/mol. The molecular formula is C18H15N3O6. The summed E-state index contributed by atoms with van der Waals surface area (Å²) in [5.74, 6) is -2.01. The Morgan fingerprint density at radius 1 is 1.11 bits per heavy atom. The Labute approximate surface area is 153 Å². The minimum absolute atomic E-state index is 0.154. The largest absolute Gasteiger partial charge is 0.452 e. The Morgan fingerprint density at radius 3 is 2.41 bits per heavy atom. The monoisotopic (exact) mass is 369 g/mol. The van der Waals surface area contributed by atoms with E-state index in [0.29, 0.717) is 11.3 Å². The Hall–Kier alpha value is -4.01. The zero-order valence-electron chi connectivity index (χ0n) is 14.0. The molecule has 3 N–H and O–H groups in total. The molecule has 0 bridgehead atoms. The molecule has 0 aliphatic carbocycles. The number of anilines is 1. The molecule has 0 fully saturated rings. The Bertz CT molecular complexity index is 906. The zero-order valence-corrected chi connectivity index (χ0v) is 14.0. The van der Waals surface area contributed by atoms with Crippen LogP contribution >= 0.6 is 0 Å². The van der Waals surface area contributed by atoms with Crippen LogP contribution in [-0.4, -0.2) is 29.3 Å². The molecule has 0 spiro atoms. The van der Waals surface area contributed by atoms with Crippen LogP contribution in [0.5, 0.6) is 0 Å². The van der Waals surface area contributed by atoms with Crippen LogP contribution in [0.3, 0.4) is 0 Å². The van der Waals surface area contributed by atoms with Crippen LogP contribution in [0.15, 0.2) is 54.6 Å². The molecule has 9 nitrogen and oxygen atoms in total. The number of rotatable bonds is 7. The van der Waals surface area contributed by atoms with E-state index in [1.807, 2.05) is 0 Å². The second-order valence-electron chi connectivity index (χ2n) is 5.25. The summed E-state index contributed by atoms with van der Waals surface area (Å²) in [5.41, 5.74) is 5.89. The molecule has 138 valence electrons. The van der Waals surface area contributed by atoms with Gasteiger partial charge in [-0.1, -0.05) is 12.1 Å². The lowest BCUT2D eigenvalue weighted by atomic mass is 10.1. The highest BCUT2D eigenvalue weighted by atomic mass is 16.6. The van der Waals surface area contributed by atoms with Crippen LogP contribution in [-0.2, 0) is 14.3 Å². The van der Waals surface area contributed by atoms with Crippen LogP contribution in [0.1, 0.15) is 15.9 Å². The molecule has 0 heterocycles. The number of nitro benzene ring substituents is 1. The molecule has 2 rings (SSSR count). The van der Waals surface area contributed by atoms with E-state index >= 15 is 0 Å². The number of nitro groups is 1. The van der Waals surface area contributed by atoms with Crippen LogP contribution in [0.25, 0.3) is 6.08 Å². The highest BCUT2D eigenvalue weighted by Gasteiger charge is 2.11. The van der Waals surface area contributed by atoms with Gasteiger partial charge in [-0.2, -0.15) is 0 Å². The lowest BCUT2D eigenvalue weighted by molar-refractivity contribution is -0.385. The van der Waals surface area contributed by atoms with Gasteiger partial charge in [-0.15, -0.1) is 0 Å². The lowest BCUT2D eigenvalue weighted by Gasteiger charge is -2.06. The van der Waals surface area contributed by atoms with E-state index in [1.165, 1.54) is 48.5 Å². The normalized spacial score (nSPS) is 10.4. The van der Waals surface area contributed by atoms with Gasteiger partial charge < -0.3 is 15.8 Å². The van der Waals surface area contributed by atoms with Crippen LogP contribution in [0.2, 0.25) is 0 Å². The molecule has 2 aromatic rings. The highest BCUT2D eigenvalue weighted by Crippen LogP contribution is 2.18. The summed E-state index contributed by atoms with van der Waals surface area (Å²) in [7, 11) is 0. The average molecular weight is 369 g/mol. The van der Waals surface area contributed by atoms with Crippen molar-refractivity contribution in [3.8, 4) is 0 Å². The van der Waals surface area contributed by atoms with Crippen molar-refractivity contribution in [2.45, 2.75) is 0 Å². The molecule has 9 heteroatoms. The third kappa shape index (κ3) is 5.78. The summed E-state index contributed by atoms with van der Waals surface area (Å²) in [6.45, 7) is -0.544. The Kier molecular flexibility index (Phi) is 6.37. The van der Waals surface area contributed by atoms with Crippen molar-refractivity contribution in [3.63, 3.8) is 0 Å². The zero-order chi connectivity index (χ0) is 19.8. The van der Waals surface area contributed by atoms with Gasteiger partial charge in [0.2, 0.25) is 5.91 Å². The van der Waals surface area contributed by atoms with Gasteiger partial charge in [0.25, 0.3) is 11.6 Å². The van der Waals surface area contributed by atoms with Crippen LogP contribution in [0, 0.1) is 10.1 Å². The quantitative estimate of drug-likeness (QED) is 0.330. The van der Waals surface area contributed by atoms with Crippen molar-refractivity contribution in [2.75, 3.05) is 11.9 Å². The molecule has 0 aromatic heterocycles. The predicted molar refractivity (Wildman–Crippen MR) is 96.7 cm³/mol. The Balaban J connectivity index is 1.87. The molecule has 0 radical (unpaired) electrons. The van der Waals surface area contributed by atoms with Crippen molar-refractivity contribution in [3.05, 3.63) is 75.8 Å². The Morgan fingerprint density at radius 2 is 1.78 bits per heavy atom. The van der Waals surface area contributed by atoms with E-state index in [0.717, 1.165) is 6.08 Å². The van der Waals surface area contributed by atoms with Gasteiger partial charge in [0.05, 0.1) is 10.5 Å². The maximum Gasteiger partial charge on any atom is 0.331 e. The standard InChI is InChI=1S/C18H15N3O6/c19-18(24)13-5-8-14(9-6-13)20-16(22)11-27-17(23)10-7-12-3-1-2-4-15(12)21(25)26/h1-10H,11H2,(H2,19,24)(H,20,22)/b10-7+. The third-order valence-electron chi connectivity index (χ3n) is 3.33. The number of esters is 1.